The molecule has 2 rings (SSSR count). The lowest BCUT2D eigenvalue weighted by Gasteiger charge is -2.24. The number of pyridine rings is 1. The predicted molar refractivity (Wildman–Crippen MR) is 94.1 cm³/mol. The van der Waals surface area contributed by atoms with Crippen molar-refractivity contribution in [3.8, 4) is 0 Å². The van der Waals surface area contributed by atoms with E-state index >= 15 is 0 Å². The Bertz CT molecular complexity index is 642. The van der Waals surface area contributed by atoms with Crippen LogP contribution in [0.3, 0.4) is 0 Å². The minimum Gasteiger partial charge on any atom is -0.395 e. The van der Waals surface area contributed by atoms with Gasteiger partial charge in [0.15, 0.2) is 5.82 Å². The van der Waals surface area contributed by atoms with Crippen LogP contribution in [0.5, 0.6) is 0 Å². The zero-order valence-electron chi connectivity index (χ0n) is 14.9. The summed E-state index contributed by atoms with van der Waals surface area (Å²) in [4.78, 5) is 16.7. The fraction of sp³-hybridized carbons (Fsp3) is 0.588. The van der Waals surface area contributed by atoms with Crippen molar-refractivity contribution in [2.75, 3.05) is 18.5 Å². The molecule has 0 radical (unpaired) electrons. The first-order valence-corrected chi connectivity index (χ1v) is 8.54. The Kier molecular flexibility index (Phi) is 7.00. The number of aromatic nitrogens is 5. The summed E-state index contributed by atoms with van der Waals surface area (Å²) in [5.41, 5.74) is 1.71. The monoisotopic (exact) mass is 346 g/mol. The summed E-state index contributed by atoms with van der Waals surface area (Å²) in [6, 6.07) is 3.83. The molecule has 0 aliphatic rings. The van der Waals surface area contributed by atoms with Gasteiger partial charge in [-0.25, -0.2) is 0 Å². The summed E-state index contributed by atoms with van der Waals surface area (Å²) in [7, 11) is 0. The number of hydrogen-bond donors (Lipinski definition) is 3. The fourth-order valence-corrected chi connectivity index (χ4v) is 2.94. The maximum atomic E-state index is 12.2. The van der Waals surface area contributed by atoms with Crippen LogP contribution in [0.4, 0.5) is 5.69 Å². The first kappa shape index (κ1) is 19.0. The standard InChI is InChI=1S/C17H26N6O2/c1-11(2)8-15(12(3)25)16(17-20-22-23-21-17)9-13-4-5-14(10-19-13)18-6-7-24/h4-5,10-11,15-16,18,24H,6-9H2,1-3H3,(H,20,21,22,23)/t15-,16+/m1/s1. The van der Waals surface area contributed by atoms with Crippen LogP contribution in [0.1, 0.15) is 44.6 Å². The van der Waals surface area contributed by atoms with E-state index in [4.69, 9.17) is 5.11 Å². The molecule has 0 fully saturated rings. The maximum Gasteiger partial charge on any atom is 0.178 e. The van der Waals surface area contributed by atoms with Crippen LogP contribution in [0.2, 0.25) is 0 Å². The number of H-pyrrole nitrogens is 1. The van der Waals surface area contributed by atoms with E-state index in [1.807, 2.05) is 12.1 Å². The van der Waals surface area contributed by atoms with Gasteiger partial charge in [0.1, 0.15) is 5.78 Å². The maximum absolute atomic E-state index is 12.2. The third kappa shape index (κ3) is 5.60. The van der Waals surface area contributed by atoms with Gasteiger partial charge in [-0.1, -0.05) is 19.1 Å². The number of aromatic amines is 1. The number of nitrogens with one attached hydrogen (secondary N) is 2. The molecular weight excluding hydrogens is 320 g/mol. The second-order valence-electron chi connectivity index (χ2n) is 6.62. The van der Waals surface area contributed by atoms with Gasteiger partial charge in [-0.05, 0) is 31.4 Å². The molecule has 0 saturated heterocycles. The van der Waals surface area contributed by atoms with Crippen LogP contribution in [0.15, 0.2) is 18.3 Å². The number of Topliss-reactive ketones (excluding diaryl/α,β-unsaturated/α-hetero) is 1. The molecule has 136 valence electrons. The van der Waals surface area contributed by atoms with E-state index in [2.05, 4.69) is 44.8 Å². The van der Waals surface area contributed by atoms with Crippen molar-refractivity contribution in [3.05, 3.63) is 29.8 Å². The first-order valence-electron chi connectivity index (χ1n) is 8.54. The second-order valence-corrected chi connectivity index (χ2v) is 6.62. The summed E-state index contributed by atoms with van der Waals surface area (Å²) < 4.78 is 0. The van der Waals surface area contributed by atoms with Crippen molar-refractivity contribution in [2.45, 2.75) is 39.5 Å². The Morgan fingerprint density at radius 1 is 1.36 bits per heavy atom. The highest BCUT2D eigenvalue weighted by molar-refractivity contribution is 5.79. The average Bonchev–Trinajstić information content (AvgIpc) is 3.11. The number of tetrazole rings is 1. The van der Waals surface area contributed by atoms with Crippen molar-refractivity contribution >= 4 is 11.5 Å². The fourth-order valence-electron chi connectivity index (χ4n) is 2.94. The molecule has 0 aliphatic carbocycles. The summed E-state index contributed by atoms with van der Waals surface area (Å²) in [6.45, 7) is 6.37. The molecule has 0 aromatic carbocycles. The minimum absolute atomic E-state index is 0.0666. The molecule has 2 aromatic heterocycles. The molecule has 2 aromatic rings. The number of anilines is 1. The Balaban J connectivity index is 2.20. The molecule has 25 heavy (non-hydrogen) atoms. The number of nitrogens with zero attached hydrogens (tertiary/aromatic N) is 4. The SMILES string of the molecule is CC(=O)[C@@H](CC(C)C)[C@H](Cc1ccc(NCCO)cn1)c1nn[nH]n1. The Morgan fingerprint density at radius 3 is 2.68 bits per heavy atom. The van der Waals surface area contributed by atoms with Crippen LogP contribution in [-0.4, -0.2) is 49.6 Å². The summed E-state index contributed by atoms with van der Waals surface area (Å²) in [6.07, 6.45) is 3.06. The molecule has 2 atom stereocenters. The van der Waals surface area contributed by atoms with Gasteiger partial charge < -0.3 is 10.4 Å². The van der Waals surface area contributed by atoms with Crippen molar-refractivity contribution in [1.29, 1.82) is 0 Å². The van der Waals surface area contributed by atoms with Gasteiger partial charge in [0.05, 0.1) is 18.5 Å². The summed E-state index contributed by atoms with van der Waals surface area (Å²) >= 11 is 0. The van der Waals surface area contributed by atoms with E-state index in [1.54, 1.807) is 13.1 Å². The van der Waals surface area contributed by atoms with Crippen molar-refractivity contribution < 1.29 is 9.90 Å². The van der Waals surface area contributed by atoms with Gasteiger partial charge >= 0.3 is 0 Å². The average molecular weight is 346 g/mol. The third-order valence-electron chi connectivity index (χ3n) is 4.12. The van der Waals surface area contributed by atoms with E-state index in [1.165, 1.54) is 0 Å². The number of aliphatic hydroxyl groups excluding tert-OH is 1. The van der Waals surface area contributed by atoms with Crippen LogP contribution >= 0.6 is 0 Å². The lowest BCUT2D eigenvalue weighted by atomic mass is 9.80. The van der Waals surface area contributed by atoms with E-state index in [0.717, 1.165) is 17.8 Å². The van der Waals surface area contributed by atoms with Gasteiger partial charge in [-0.2, -0.15) is 5.21 Å². The topological polar surface area (TPSA) is 117 Å². The lowest BCUT2D eigenvalue weighted by Crippen LogP contribution is -2.25. The van der Waals surface area contributed by atoms with Gasteiger partial charge in [0.2, 0.25) is 0 Å². The highest BCUT2D eigenvalue weighted by Gasteiger charge is 2.31. The summed E-state index contributed by atoms with van der Waals surface area (Å²) in [5.74, 6) is 0.727. The Hall–Kier alpha value is -2.35. The highest BCUT2D eigenvalue weighted by Crippen LogP contribution is 2.31. The van der Waals surface area contributed by atoms with Crippen molar-refractivity contribution in [1.82, 2.24) is 25.6 Å². The summed E-state index contributed by atoms with van der Waals surface area (Å²) in [5, 5.41) is 26.3. The molecule has 0 amide bonds. The molecule has 2 heterocycles. The van der Waals surface area contributed by atoms with Gasteiger partial charge in [0, 0.05) is 30.5 Å². The minimum atomic E-state index is -0.174. The van der Waals surface area contributed by atoms with E-state index in [0.29, 0.717) is 24.7 Å². The molecule has 0 unspecified atom stereocenters. The van der Waals surface area contributed by atoms with Crippen molar-refractivity contribution in [3.63, 3.8) is 0 Å². The van der Waals surface area contributed by atoms with Crippen molar-refractivity contribution in [2.24, 2.45) is 11.8 Å². The smallest absolute Gasteiger partial charge is 0.178 e. The van der Waals surface area contributed by atoms with E-state index in [9.17, 15) is 4.79 Å². The van der Waals surface area contributed by atoms with Crippen LogP contribution in [0, 0.1) is 11.8 Å². The molecule has 0 saturated carbocycles. The normalized spacial score (nSPS) is 13.6. The predicted octanol–water partition coefficient (Wildman–Crippen LogP) is 1.58. The molecule has 3 N–H and O–H groups in total. The lowest BCUT2D eigenvalue weighted by molar-refractivity contribution is -0.122. The van der Waals surface area contributed by atoms with Gasteiger partial charge in [-0.3, -0.25) is 9.78 Å². The third-order valence-corrected chi connectivity index (χ3v) is 4.12. The van der Waals surface area contributed by atoms with Crippen LogP contribution in [-0.2, 0) is 11.2 Å². The first-order chi connectivity index (χ1) is 12.0. The van der Waals surface area contributed by atoms with E-state index < -0.39 is 0 Å². The van der Waals surface area contributed by atoms with Gasteiger partial charge in [-0.15, -0.1) is 10.2 Å². The quantitative estimate of drug-likeness (QED) is 0.598. The zero-order valence-corrected chi connectivity index (χ0v) is 14.9. The number of hydrogen-bond acceptors (Lipinski definition) is 7. The molecule has 0 bridgehead atoms. The number of rotatable bonds is 10. The van der Waals surface area contributed by atoms with Crippen LogP contribution < -0.4 is 5.32 Å². The molecule has 8 nitrogen and oxygen atoms in total. The number of carbonyl (C=O) groups is 1. The largest absolute Gasteiger partial charge is 0.395 e. The molecule has 8 heteroatoms. The number of carbonyl (C=O) groups excluding carboxylic acids is 1. The molecule has 0 aliphatic heterocycles. The number of ketones is 1. The molecule has 0 spiro atoms. The van der Waals surface area contributed by atoms with Crippen LogP contribution in [0.25, 0.3) is 0 Å². The second kappa shape index (κ2) is 9.22. The molecular formula is C17H26N6O2. The number of aliphatic hydroxyl groups is 1. The van der Waals surface area contributed by atoms with E-state index in [-0.39, 0.29) is 24.2 Å². The Morgan fingerprint density at radius 2 is 2.16 bits per heavy atom. The zero-order chi connectivity index (χ0) is 18.2. The Labute approximate surface area is 147 Å². The highest BCUT2D eigenvalue weighted by atomic mass is 16.3. The van der Waals surface area contributed by atoms with Gasteiger partial charge in [0.25, 0.3) is 0 Å².